The Hall–Kier alpha value is -2.49. The Bertz CT molecular complexity index is 891. The lowest BCUT2D eigenvalue weighted by atomic mass is 10.1. The predicted octanol–water partition coefficient (Wildman–Crippen LogP) is 1.72. The summed E-state index contributed by atoms with van der Waals surface area (Å²) in [6.45, 7) is 3.37. The highest BCUT2D eigenvalue weighted by atomic mass is 35.5. The van der Waals surface area contributed by atoms with Crippen molar-refractivity contribution in [1.29, 1.82) is 0 Å². The van der Waals surface area contributed by atoms with Crippen LogP contribution in [0.3, 0.4) is 0 Å². The van der Waals surface area contributed by atoms with Crippen LogP contribution in [0.5, 0.6) is 0 Å². The standard InChI is InChI=1S/C12H18N4O2.C7H5ClFNO/c1-14-2-3-16-11(7-14)10(5-13-16)15-6-9(8-17)4-12(15)18;8-6-3-5(10-4-11)1-2-7(6)9/h5,9,17H,2-4,6-8H2,1H3;1-4H,(H,10,11). The van der Waals surface area contributed by atoms with Crippen molar-refractivity contribution in [2.24, 2.45) is 5.92 Å². The van der Waals surface area contributed by atoms with E-state index in [9.17, 15) is 19.1 Å². The lowest BCUT2D eigenvalue weighted by molar-refractivity contribution is -0.117. The monoisotopic (exact) mass is 423 g/mol. The highest BCUT2D eigenvalue weighted by molar-refractivity contribution is 6.31. The van der Waals surface area contributed by atoms with E-state index in [2.05, 4.69) is 22.4 Å². The summed E-state index contributed by atoms with van der Waals surface area (Å²) in [6, 6.07) is 3.95. The molecular formula is C19H23ClFN5O3. The van der Waals surface area contributed by atoms with Gasteiger partial charge >= 0.3 is 0 Å². The van der Waals surface area contributed by atoms with Gasteiger partial charge in [-0.05, 0) is 25.2 Å². The van der Waals surface area contributed by atoms with E-state index in [4.69, 9.17) is 11.6 Å². The van der Waals surface area contributed by atoms with Gasteiger partial charge in [0, 0.05) is 44.3 Å². The van der Waals surface area contributed by atoms with Gasteiger partial charge in [0.25, 0.3) is 0 Å². The quantitative estimate of drug-likeness (QED) is 0.731. The number of aliphatic hydroxyl groups excluding tert-OH is 1. The number of carbonyl (C=O) groups excluding carboxylic acids is 2. The highest BCUT2D eigenvalue weighted by Crippen LogP contribution is 2.29. The van der Waals surface area contributed by atoms with Gasteiger partial charge < -0.3 is 15.3 Å². The van der Waals surface area contributed by atoms with Gasteiger partial charge in [-0.3, -0.25) is 19.2 Å². The predicted molar refractivity (Wildman–Crippen MR) is 107 cm³/mol. The van der Waals surface area contributed by atoms with Gasteiger partial charge in [0.05, 0.1) is 29.1 Å². The second kappa shape index (κ2) is 9.34. The number of nitrogens with zero attached hydrogens (tertiary/aromatic N) is 4. The topological polar surface area (TPSA) is 90.7 Å². The van der Waals surface area contributed by atoms with E-state index >= 15 is 0 Å². The molecule has 2 aromatic rings. The average molecular weight is 424 g/mol. The van der Waals surface area contributed by atoms with Crippen LogP contribution in [0.15, 0.2) is 24.4 Å². The maximum absolute atomic E-state index is 12.5. The van der Waals surface area contributed by atoms with Crippen molar-refractivity contribution in [2.45, 2.75) is 19.5 Å². The molecule has 2 N–H and O–H groups in total. The van der Waals surface area contributed by atoms with Crippen molar-refractivity contribution in [3.05, 3.63) is 40.9 Å². The summed E-state index contributed by atoms with van der Waals surface area (Å²) in [5.74, 6) is -0.337. The van der Waals surface area contributed by atoms with Gasteiger partial charge in [0.1, 0.15) is 5.82 Å². The molecule has 2 aliphatic rings. The molecule has 29 heavy (non-hydrogen) atoms. The van der Waals surface area contributed by atoms with Gasteiger partial charge in [-0.15, -0.1) is 0 Å². The Morgan fingerprint density at radius 1 is 1.41 bits per heavy atom. The number of nitrogens with one attached hydrogen (secondary N) is 1. The number of likely N-dealkylation sites (N-methyl/N-ethyl adjacent to an activating group) is 1. The van der Waals surface area contributed by atoms with Gasteiger partial charge in [0.15, 0.2) is 0 Å². The minimum atomic E-state index is -0.497. The molecule has 8 nitrogen and oxygen atoms in total. The number of rotatable bonds is 4. The summed E-state index contributed by atoms with van der Waals surface area (Å²) in [4.78, 5) is 25.9. The number of aliphatic hydroxyl groups is 1. The molecule has 0 bridgehead atoms. The molecule has 1 aromatic heterocycles. The van der Waals surface area contributed by atoms with Crippen LogP contribution in [-0.2, 0) is 22.7 Å². The van der Waals surface area contributed by atoms with Gasteiger partial charge in [0.2, 0.25) is 12.3 Å². The van der Waals surface area contributed by atoms with Crippen molar-refractivity contribution in [3.8, 4) is 0 Å². The number of halogens is 2. The minimum Gasteiger partial charge on any atom is -0.396 e. The van der Waals surface area contributed by atoms with E-state index in [-0.39, 0.29) is 23.5 Å². The van der Waals surface area contributed by atoms with Crippen LogP contribution in [0, 0.1) is 11.7 Å². The van der Waals surface area contributed by atoms with Crippen LogP contribution >= 0.6 is 11.6 Å². The number of hydrogen-bond acceptors (Lipinski definition) is 5. The Labute approximate surface area is 172 Å². The number of carbonyl (C=O) groups is 2. The smallest absolute Gasteiger partial charge is 0.227 e. The molecule has 2 amide bonds. The zero-order valence-electron chi connectivity index (χ0n) is 16.0. The van der Waals surface area contributed by atoms with Crippen molar-refractivity contribution < 1.29 is 19.1 Å². The SMILES string of the molecule is CN1CCn2ncc(N3CC(CO)CC3=O)c2C1.O=CNc1ccc(F)c(Cl)c1. The van der Waals surface area contributed by atoms with E-state index in [0.29, 0.717) is 25.1 Å². The van der Waals surface area contributed by atoms with E-state index < -0.39 is 5.82 Å². The van der Waals surface area contributed by atoms with E-state index in [0.717, 1.165) is 31.0 Å². The third-order valence-electron chi connectivity index (χ3n) is 4.94. The van der Waals surface area contributed by atoms with Crippen LogP contribution < -0.4 is 10.2 Å². The number of fused-ring (bicyclic) bond motifs is 1. The van der Waals surface area contributed by atoms with Crippen LogP contribution in [0.2, 0.25) is 5.02 Å². The number of anilines is 2. The van der Waals surface area contributed by atoms with Crippen LogP contribution in [0.4, 0.5) is 15.8 Å². The molecule has 0 spiro atoms. The van der Waals surface area contributed by atoms with Crippen LogP contribution in [0.25, 0.3) is 0 Å². The molecular weight excluding hydrogens is 401 g/mol. The summed E-state index contributed by atoms with van der Waals surface area (Å²) >= 11 is 5.42. The van der Waals surface area contributed by atoms with Gasteiger partial charge in [-0.2, -0.15) is 5.10 Å². The molecule has 0 saturated carbocycles. The first-order valence-electron chi connectivity index (χ1n) is 9.22. The van der Waals surface area contributed by atoms with Crippen molar-refractivity contribution >= 4 is 35.3 Å². The normalized spacial score (nSPS) is 18.8. The third-order valence-corrected chi connectivity index (χ3v) is 5.23. The van der Waals surface area contributed by atoms with Gasteiger partial charge in [-0.1, -0.05) is 11.6 Å². The Balaban J connectivity index is 0.000000188. The molecule has 0 radical (unpaired) electrons. The summed E-state index contributed by atoms with van der Waals surface area (Å²) in [7, 11) is 2.07. The molecule has 0 aliphatic carbocycles. The summed E-state index contributed by atoms with van der Waals surface area (Å²) in [6.07, 6.45) is 2.73. The molecule has 1 saturated heterocycles. The maximum Gasteiger partial charge on any atom is 0.227 e. The zero-order chi connectivity index (χ0) is 21.0. The number of aromatic nitrogens is 2. The van der Waals surface area contributed by atoms with E-state index in [1.807, 2.05) is 4.68 Å². The first-order valence-corrected chi connectivity index (χ1v) is 9.60. The number of hydrogen-bond donors (Lipinski definition) is 2. The van der Waals surface area contributed by atoms with Crippen molar-refractivity contribution in [2.75, 3.05) is 37.0 Å². The summed E-state index contributed by atoms with van der Waals surface area (Å²) < 4.78 is 14.5. The maximum atomic E-state index is 12.5. The summed E-state index contributed by atoms with van der Waals surface area (Å²) in [5.41, 5.74) is 2.50. The molecule has 10 heteroatoms. The average Bonchev–Trinajstić information content (AvgIpc) is 3.28. The molecule has 1 unspecified atom stereocenters. The van der Waals surface area contributed by atoms with Gasteiger partial charge in [-0.25, -0.2) is 4.39 Å². The first kappa shape index (κ1) is 21.2. The molecule has 3 heterocycles. The van der Waals surface area contributed by atoms with Crippen LogP contribution in [0.1, 0.15) is 12.1 Å². The van der Waals surface area contributed by atoms with Crippen molar-refractivity contribution in [1.82, 2.24) is 14.7 Å². The Kier molecular flexibility index (Phi) is 6.83. The van der Waals surface area contributed by atoms with Crippen LogP contribution in [-0.4, -0.2) is 58.8 Å². The summed E-state index contributed by atoms with van der Waals surface area (Å²) in [5, 5.41) is 15.9. The Morgan fingerprint density at radius 3 is 2.86 bits per heavy atom. The third kappa shape index (κ3) is 4.92. The zero-order valence-corrected chi connectivity index (χ0v) is 16.8. The lowest BCUT2D eigenvalue weighted by Crippen LogP contribution is -2.33. The number of amides is 2. The number of benzene rings is 1. The molecule has 1 aromatic carbocycles. The van der Waals surface area contributed by atoms with E-state index in [1.165, 1.54) is 18.2 Å². The largest absolute Gasteiger partial charge is 0.396 e. The molecule has 1 atom stereocenters. The second-order valence-electron chi connectivity index (χ2n) is 7.09. The van der Waals surface area contributed by atoms with Crippen molar-refractivity contribution in [3.63, 3.8) is 0 Å². The fourth-order valence-electron chi connectivity index (χ4n) is 3.37. The first-order chi connectivity index (χ1) is 13.9. The lowest BCUT2D eigenvalue weighted by Gasteiger charge is -2.26. The minimum absolute atomic E-state index is 0.00292. The Morgan fingerprint density at radius 2 is 2.21 bits per heavy atom. The molecule has 4 rings (SSSR count). The molecule has 1 fully saturated rings. The fraction of sp³-hybridized carbons (Fsp3) is 0.421. The molecule has 2 aliphatic heterocycles. The molecule has 156 valence electrons. The van der Waals surface area contributed by atoms with E-state index in [1.54, 1.807) is 11.1 Å². The highest BCUT2D eigenvalue weighted by Gasteiger charge is 2.33. The second-order valence-corrected chi connectivity index (χ2v) is 7.49. The fourth-order valence-corrected chi connectivity index (χ4v) is 3.55.